The molecule has 0 amide bonds. The predicted molar refractivity (Wildman–Crippen MR) is 156 cm³/mol. The number of nitrogens with zero attached hydrogens (tertiary/aromatic N) is 2. The highest BCUT2D eigenvalue weighted by Crippen LogP contribution is 2.27. The summed E-state index contributed by atoms with van der Waals surface area (Å²) in [6.07, 6.45) is 0. The summed E-state index contributed by atoms with van der Waals surface area (Å²) in [6.45, 7) is 1.94. The molecule has 0 N–H and O–H groups in total. The molecule has 6 aromatic rings. The van der Waals surface area contributed by atoms with Gasteiger partial charge in [-0.05, 0) is 73.7 Å². The van der Waals surface area contributed by atoms with Gasteiger partial charge in [0.1, 0.15) is 5.75 Å². The van der Waals surface area contributed by atoms with Crippen LogP contribution in [0.25, 0.3) is 27.7 Å². The van der Waals surface area contributed by atoms with E-state index < -0.39 is 0 Å². The van der Waals surface area contributed by atoms with Crippen LogP contribution >= 0.6 is 0 Å². The Morgan fingerprint density at radius 3 is 1.85 bits per heavy atom. The number of rotatable bonds is 7. The lowest BCUT2D eigenvalue weighted by Crippen LogP contribution is -2.22. The lowest BCUT2D eigenvalue weighted by molar-refractivity contribution is 0.0986. The molecule has 0 bridgehead atoms. The zero-order chi connectivity index (χ0) is 28.5. The molecule has 4 aromatic carbocycles. The Morgan fingerprint density at radius 2 is 1.27 bits per heavy atom. The van der Waals surface area contributed by atoms with Gasteiger partial charge in [-0.25, -0.2) is 0 Å². The third kappa shape index (κ3) is 4.85. The number of aryl methyl sites for hydroxylation is 1. The van der Waals surface area contributed by atoms with Crippen LogP contribution in [0.3, 0.4) is 0 Å². The van der Waals surface area contributed by atoms with E-state index in [4.69, 9.17) is 14.3 Å². The zero-order valence-corrected chi connectivity index (χ0v) is 22.3. The van der Waals surface area contributed by atoms with Crippen LogP contribution in [0.15, 0.2) is 118 Å². The van der Waals surface area contributed by atoms with Gasteiger partial charge in [0, 0.05) is 22.1 Å². The van der Waals surface area contributed by atoms with Gasteiger partial charge in [0.25, 0.3) is 5.56 Å². The van der Waals surface area contributed by atoms with Gasteiger partial charge in [-0.2, -0.15) is 9.78 Å². The molecule has 0 atom stereocenters. The van der Waals surface area contributed by atoms with Crippen LogP contribution < -0.4 is 10.3 Å². The fourth-order valence-corrected chi connectivity index (χ4v) is 4.65. The van der Waals surface area contributed by atoms with Crippen molar-refractivity contribution in [3.8, 4) is 22.7 Å². The SMILES string of the molecule is COc1ccc(-c2nn(-c3ccc(C(=O)c4ccc(C(=O)c5ccc(C)cc5)o4)cc3)c(=O)c3ccccc23)cc1. The first kappa shape index (κ1) is 25.7. The summed E-state index contributed by atoms with van der Waals surface area (Å²) >= 11 is 0. The van der Waals surface area contributed by atoms with Crippen molar-refractivity contribution in [2.24, 2.45) is 0 Å². The smallest absolute Gasteiger partial charge is 0.279 e. The summed E-state index contributed by atoms with van der Waals surface area (Å²) in [6, 6.07) is 31.5. The van der Waals surface area contributed by atoms with Crippen molar-refractivity contribution < 1.29 is 18.7 Å². The average molecular weight is 541 g/mol. The molecule has 0 saturated heterocycles. The molecule has 7 nitrogen and oxygen atoms in total. The molecule has 0 spiro atoms. The fourth-order valence-electron chi connectivity index (χ4n) is 4.65. The van der Waals surface area contributed by atoms with Gasteiger partial charge in [0.05, 0.1) is 23.9 Å². The molecule has 0 aliphatic heterocycles. The van der Waals surface area contributed by atoms with Gasteiger partial charge in [-0.1, -0.05) is 48.0 Å². The highest BCUT2D eigenvalue weighted by atomic mass is 16.5. The molecule has 0 fully saturated rings. The molecule has 6 rings (SSSR count). The van der Waals surface area contributed by atoms with Crippen molar-refractivity contribution in [1.29, 1.82) is 0 Å². The minimum absolute atomic E-state index is 0.0519. The second kappa shape index (κ2) is 10.5. The van der Waals surface area contributed by atoms with E-state index in [0.717, 1.165) is 22.3 Å². The van der Waals surface area contributed by atoms with Crippen LogP contribution in [0.4, 0.5) is 0 Å². The van der Waals surface area contributed by atoms with E-state index in [1.165, 1.54) is 16.8 Å². The van der Waals surface area contributed by atoms with Crippen molar-refractivity contribution >= 4 is 22.3 Å². The van der Waals surface area contributed by atoms with Crippen LogP contribution in [0.1, 0.15) is 37.8 Å². The normalized spacial score (nSPS) is 11.0. The number of ketones is 2. The standard InChI is InChI=1S/C34H24N2O5/c1-21-7-9-23(10-8-21)32(37)29-19-20-30(41-29)33(38)24-11-15-25(16-12-24)36-34(39)28-6-4-3-5-27(28)31(35-36)22-13-17-26(40-2)18-14-22/h3-20H,1-2H3. The minimum atomic E-state index is -0.378. The number of aromatic nitrogens is 2. The maximum Gasteiger partial charge on any atom is 0.279 e. The molecule has 200 valence electrons. The summed E-state index contributed by atoms with van der Waals surface area (Å²) in [5, 5.41) is 5.97. The number of furan rings is 1. The maximum atomic E-state index is 13.4. The molecule has 2 heterocycles. The van der Waals surface area contributed by atoms with Crippen molar-refractivity contribution in [2.45, 2.75) is 6.92 Å². The minimum Gasteiger partial charge on any atom is -0.497 e. The molecule has 0 saturated carbocycles. The first-order valence-electron chi connectivity index (χ1n) is 13.0. The summed E-state index contributed by atoms with van der Waals surface area (Å²) in [7, 11) is 1.60. The largest absolute Gasteiger partial charge is 0.497 e. The topological polar surface area (TPSA) is 91.4 Å². The molecule has 0 unspecified atom stereocenters. The lowest BCUT2D eigenvalue weighted by atomic mass is 10.0. The first-order valence-corrected chi connectivity index (χ1v) is 13.0. The fraction of sp³-hybridized carbons (Fsp3) is 0.0588. The second-order valence-electron chi connectivity index (χ2n) is 9.57. The third-order valence-corrected chi connectivity index (χ3v) is 6.91. The van der Waals surface area contributed by atoms with E-state index in [0.29, 0.717) is 27.9 Å². The Bertz CT molecular complexity index is 1970. The van der Waals surface area contributed by atoms with Crippen molar-refractivity contribution in [3.05, 3.63) is 148 Å². The number of methoxy groups -OCH3 is 1. The van der Waals surface area contributed by atoms with Crippen LogP contribution in [-0.4, -0.2) is 28.5 Å². The Hall–Kier alpha value is -5.56. The monoisotopic (exact) mass is 540 g/mol. The first-order chi connectivity index (χ1) is 19.9. The van der Waals surface area contributed by atoms with Gasteiger partial charge in [-0.3, -0.25) is 14.4 Å². The van der Waals surface area contributed by atoms with Gasteiger partial charge in [0.15, 0.2) is 11.5 Å². The molecular formula is C34H24N2O5. The van der Waals surface area contributed by atoms with E-state index in [9.17, 15) is 14.4 Å². The van der Waals surface area contributed by atoms with Gasteiger partial charge in [-0.15, -0.1) is 0 Å². The quantitative estimate of drug-likeness (QED) is 0.217. The summed E-state index contributed by atoms with van der Waals surface area (Å²) in [5.74, 6) is 0.184. The molecule has 41 heavy (non-hydrogen) atoms. The Morgan fingerprint density at radius 1 is 0.707 bits per heavy atom. The maximum absolute atomic E-state index is 13.4. The van der Waals surface area contributed by atoms with E-state index in [-0.39, 0.29) is 28.6 Å². The number of carbonyl (C=O) groups excluding carboxylic acids is 2. The highest BCUT2D eigenvalue weighted by molar-refractivity contribution is 6.10. The molecule has 0 radical (unpaired) electrons. The van der Waals surface area contributed by atoms with Crippen LogP contribution in [0.5, 0.6) is 5.75 Å². The Kier molecular flexibility index (Phi) is 6.61. The molecule has 2 aromatic heterocycles. The van der Waals surface area contributed by atoms with Crippen LogP contribution in [-0.2, 0) is 0 Å². The van der Waals surface area contributed by atoms with Gasteiger partial charge < -0.3 is 9.15 Å². The number of hydrogen-bond donors (Lipinski definition) is 0. The second-order valence-corrected chi connectivity index (χ2v) is 9.57. The summed E-state index contributed by atoms with van der Waals surface area (Å²) in [5.41, 5.74) is 3.57. The predicted octanol–water partition coefficient (Wildman–Crippen LogP) is 6.42. The van der Waals surface area contributed by atoms with Crippen LogP contribution in [0.2, 0.25) is 0 Å². The Balaban J connectivity index is 1.32. The number of fused-ring (bicyclic) bond motifs is 1. The summed E-state index contributed by atoms with van der Waals surface area (Å²) in [4.78, 5) is 39.3. The highest BCUT2D eigenvalue weighted by Gasteiger charge is 2.19. The van der Waals surface area contributed by atoms with E-state index >= 15 is 0 Å². The number of hydrogen-bond acceptors (Lipinski definition) is 6. The number of benzene rings is 4. The van der Waals surface area contributed by atoms with Gasteiger partial charge in [0.2, 0.25) is 11.6 Å². The van der Waals surface area contributed by atoms with Crippen molar-refractivity contribution in [3.63, 3.8) is 0 Å². The zero-order valence-electron chi connectivity index (χ0n) is 22.3. The Labute approximate surface area is 235 Å². The molecule has 7 heteroatoms. The van der Waals surface area contributed by atoms with E-state index in [1.807, 2.05) is 61.5 Å². The number of carbonyl (C=O) groups is 2. The van der Waals surface area contributed by atoms with Crippen LogP contribution in [0, 0.1) is 6.92 Å². The molecule has 0 aliphatic carbocycles. The van der Waals surface area contributed by atoms with Crippen molar-refractivity contribution in [1.82, 2.24) is 9.78 Å². The number of ether oxygens (including phenoxy) is 1. The van der Waals surface area contributed by atoms with Crippen molar-refractivity contribution in [2.75, 3.05) is 7.11 Å². The summed E-state index contributed by atoms with van der Waals surface area (Å²) < 4.78 is 12.2. The lowest BCUT2D eigenvalue weighted by Gasteiger charge is -2.12. The molecular weight excluding hydrogens is 516 g/mol. The molecule has 0 aliphatic rings. The van der Waals surface area contributed by atoms with E-state index in [2.05, 4.69) is 0 Å². The average Bonchev–Trinajstić information content (AvgIpc) is 3.52. The van der Waals surface area contributed by atoms with E-state index in [1.54, 1.807) is 49.6 Å². The van der Waals surface area contributed by atoms with Gasteiger partial charge >= 0.3 is 0 Å². The third-order valence-electron chi connectivity index (χ3n) is 6.91.